The molecule has 0 rings (SSSR count). The molecule has 0 aromatic carbocycles. The van der Waals surface area contributed by atoms with Crippen LogP contribution in [0.3, 0.4) is 0 Å². The molecule has 0 spiro atoms. The number of hydrogen-bond donors (Lipinski definition) is 1. The maximum atomic E-state index is 9.85. The van der Waals surface area contributed by atoms with E-state index < -0.39 is 6.03 Å². The Kier molecular flexibility index (Phi) is 8.70. The SMILES string of the molecule is CN(C)C(N)=O.[Cs+].[H-]. The van der Waals surface area contributed by atoms with Gasteiger partial charge in [-0.3, -0.25) is 0 Å². The van der Waals surface area contributed by atoms with Crippen LogP contribution in [0.4, 0.5) is 4.79 Å². The van der Waals surface area contributed by atoms with Crippen LogP contribution < -0.4 is 74.6 Å². The van der Waals surface area contributed by atoms with Crippen LogP contribution in [0.1, 0.15) is 1.43 Å². The summed E-state index contributed by atoms with van der Waals surface area (Å²) in [6, 6.07) is -0.407. The third-order valence-corrected chi connectivity index (χ3v) is 0.441. The average molecular weight is 222 g/mol. The molecule has 0 atom stereocenters. The Morgan fingerprint density at radius 1 is 1.71 bits per heavy atom. The summed E-state index contributed by atoms with van der Waals surface area (Å²) in [6.07, 6.45) is 0. The largest absolute Gasteiger partial charge is 1.00 e. The molecule has 0 aliphatic rings. The molecule has 0 bridgehead atoms. The molecule has 0 aliphatic heterocycles. The molecule has 0 aromatic rings. The standard InChI is InChI=1S/C3H8N2O.Cs.H/c1-5(2)3(4)6;;/h1-2H3,(H2,4,6);;/q;+1;-1. The first-order valence-electron chi connectivity index (χ1n) is 1.61. The number of nitrogens with zero attached hydrogens (tertiary/aromatic N) is 1. The molecule has 2 amide bonds. The van der Waals surface area contributed by atoms with Gasteiger partial charge >= 0.3 is 74.9 Å². The second-order valence-corrected chi connectivity index (χ2v) is 1.23. The van der Waals surface area contributed by atoms with Crippen molar-refractivity contribution < 1.29 is 75.1 Å². The van der Waals surface area contributed by atoms with Crippen molar-refractivity contribution in [1.82, 2.24) is 4.90 Å². The second-order valence-electron chi connectivity index (χ2n) is 1.23. The molecule has 0 aliphatic carbocycles. The zero-order valence-electron chi connectivity index (χ0n) is 5.93. The molecular formula is C3H9CsN2O. The third kappa shape index (κ3) is 7.32. The fourth-order valence-corrected chi connectivity index (χ4v) is 0. The predicted molar refractivity (Wildman–Crippen MR) is 24.4 cm³/mol. The van der Waals surface area contributed by atoms with Crippen LogP contribution >= 0.6 is 0 Å². The van der Waals surface area contributed by atoms with E-state index in [2.05, 4.69) is 0 Å². The summed E-state index contributed by atoms with van der Waals surface area (Å²) < 4.78 is 0. The number of carbonyl (C=O) groups excluding carboxylic acids is 1. The normalized spacial score (nSPS) is 6.57. The molecule has 0 saturated carbocycles. The first-order chi connectivity index (χ1) is 2.64. The van der Waals surface area contributed by atoms with E-state index in [-0.39, 0.29) is 70.3 Å². The van der Waals surface area contributed by atoms with E-state index in [4.69, 9.17) is 5.73 Å². The van der Waals surface area contributed by atoms with Gasteiger partial charge in [-0.05, 0) is 0 Å². The van der Waals surface area contributed by atoms with Crippen LogP contribution in [0.15, 0.2) is 0 Å². The van der Waals surface area contributed by atoms with Gasteiger partial charge in [0.2, 0.25) is 0 Å². The Balaban J connectivity index is -0.000000125. The van der Waals surface area contributed by atoms with E-state index in [1.54, 1.807) is 14.1 Å². The number of rotatable bonds is 0. The molecule has 2 N–H and O–H groups in total. The average Bonchev–Trinajstić information content (AvgIpc) is 1.36. The summed E-state index contributed by atoms with van der Waals surface area (Å²) in [5.41, 5.74) is 4.72. The van der Waals surface area contributed by atoms with Crippen molar-refractivity contribution in [2.45, 2.75) is 0 Å². The maximum absolute atomic E-state index is 9.85. The van der Waals surface area contributed by atoms with E-state index in [0.717, 1.165) is 0 Å². The smallest absolute Gasteiger partial charge is 1.00 e. The van der Waals surface area contributed by atoms with Crippen molar-refractivity contribution in [2.75, 3.05) is 14.1 Å². The summed E-state index contributed by atoms with van der Waals surface area (Å²) >= 11 is 0. The fraction of sp³-hybridized carbons (Fsp3) is 0.667. The number of hydrogen-bond acceptors (Lipinski definition) is 1. The van der Waals surface area contributed by atoms with Gasteiger partial charge in [-0.2, -0.15) is 0 Å². The van der Waals surface area contributed by atoms with Gasteiger partial charge < -0.3 is 12.1 Å². The molecule has 0 radical (unpaired) electrons. The van der Waals surface area contributed by atoms with Crippen molar-refractivity contribution in [2.24, 2.45) is 5.73 Å². The van der Waals surface area contributed by atoms with E-state index in [0.29, 0.717) is 0 Å². The van der Waals surface area contributed by atoms with E-state index >= 15 is 0 Å². The molecule has 0 saturated heterocycles. The Morgan fingerprint density at radius 3 is 1.86 bits per heavy atom. The van der Waals surface area contributed by atoms with Crippen LogP contribution in [-0.4, -0.2) is 25.0 Å². The predicted octanol–water partition coefficient (Wildman–Crippen LogP) is -3.26. The van der Waals surface area contributed by atoms with Crippen LogP contribution in [0.5, 0.6) is 0 Å². The number of amides is 2. The molecular weight excluding hydrogens is 213 g/mol. The Labute approximate surface area is 104 Å². The van der Waals surface area contributed by atoms with Gasteiger partial charge in [0, 0.05) is 14.1 Å². The molecule has 38 valence electrons. The quantitative estimate of drug-likeness (QED) is 0.459. The van der Waals surface area contributed by atoms with Gasteiger partial charge in [0.25, 0.3) is 0 Å². The van der Waals surface area contributed by atoms with Gasteiger partial charge in [-0.25, -0.2) is 4.79 Å². The summed E-state index contributed by atoms with van der Waals surface area (Å²) in [4.78, 5) is 11.2. The van der Waals surface area contributed by atoms with Crippen LogP contribution in [0.25, 0.3) is 0 Å². The fourth-order valence-electron chi connectivity index (χ4n) is 0. The van der Waals surface area contributed by atoms with E-state index in [1.165, 1.54) is 4.90 Å². The minimum atomic E-state index is -0.407. The first-order valence-corrected chi connectivity index (χ1v) is 1.61. The van der Waals surface area contributed by atoms with Crippen LogP contribution in [0.2, 0.25) is 0 Å². The van der Waals surface area contributed by atoms with Crippen LogP contribution in [-0.2, 0) is 0 Å². The monoisotopic (exact) mass is 222 g/mol. The van der Waals surface area contributed by atoms with Gasteiger partial charge in [0.05, 0.1) is 0 Å². The number of carbonyl (C=O) groups is 1. The summed E-state index contributed by atoms with van der Waals surface area (Å²) in [5.74, 6) is 0. The van der Waals surface area contributed by atoms with Crippen molar-refractivity contribution in [3.63, 3.8) is 0 Å². The zero-order valence-corrected chi connectivity index (χ0v) is 11.2. The number of primary amides is 1. The first kappa shape index (κ1) is 11.2. The zero-order chi connectivity index (χ0) is 5.15. The Morgan fingerprint density at radius 2 is 1.86 bits per heavy atom. The van der Waals surface area contributed by atoms with Gasteiger partial charge in [0.15, 0.2) is 0 Å². The molecule has 0 aromatic heterocycles. The van der Waals surface area contributed by atoms with Gasteiger partial charge in [-0.1, -0.05) is 0 Å². The minimum Gasteiger partial charge on any atom is -1.00 e. The topological polar surface area (TPSA) is 46.3 Å². The Hall–Kier alpha value is 1.32. The van der Waals surface area contributed by atoms with Crippen LogP contribution in [0, 0.1) is 0 Å². The van der Waals surface area contributed by atoms with Gasteiger partial charge in [-0.15, -0.1) is 0 Å². The summed E-state index contributed by atoms with van der Waals surface area (Å²) in [7, 11) is 3.20. The summed E-state index contributed by atoms with van der Waals surface area (Å²) in [5, 5.41) is 0. The van der Waals surface area contributed by atoms with Gasteiger partial charge in [0.1, 0.15) is 0 Å². The van der Waals surface area contributed by atoms with E-state index in [1.807, 2.05) is 0 Å². The maximum Gasteiger partial charge on any atom is 1.00 e. The number of urea groups is 1. The number of nitrogens with two attached hydrogens (primary N) is 1. The van der Waals surface area contributed by atoms with Crippen molar-refractivity contribution >= 4 is 6.03 Å². The Bertz CT molecular complexity index is 68.3. The molecule has 0 heterocycles. The molecule has 0 fully saturated rings. The molecule has 3 nitrogen and oxygen atoms in total. The second kappa shape index (κ2) is 5.46. The molecule has 7 heavy (non-hydrogen) atoms. The summed E-state index contributed by atoms with van der Waals surface area (Å²) in [6.45, 7) is 0. The van der Waals surface area contributed by atoms with Crippen molar-refractivity contribution in [3.05, 3.63) is 0 Å². The molecule has 4 heteroatoms. The van der Waals surface area contributed by atoms with Crippen molar-refractivity contribution in [3.8, 4) is 0 Å². The van der Waals surface area contributed by atoms with Crippen molar-refractivity contribution in [1.29, 1.82) is 0 Å². The minimum absolute atomic E-state index is 0. The third-order valence-electron chi connectivity index (χ3n) is 0.441. The van der Waals surface area contributed by atoms with E-state index in [9.17, 15) is 4.79 Å². The molecule has 0 unspecified atom stereocenters.